The van der Waals surface area contributed by atoms with Gasteiger partial charge in [-0.2, -0.15) is 0 Å². The Morgan fingerprint density at radius 1 is 1.28 bits per heavy atom. The van der Waals surface area contributed by atoms with Crippen LogP contribution in [0.25, 0.3) is 0 Å². The van der Waals surface area contributed by atoms with Gasteiger partial charge in [0.15, 0.2) is 5.16 Å². The van der Waals surface area contributed by atoms with E-state index in [0.717, 1.165) is 5.56 Å². The fourth-order valence-corrected chi connectivity index (χ4v) is 3.23. The number of hydrogen-bond acceptors (Lipinski definition) is 5. The maximum Gasteiger partial charge on any atom is 0.230 e. The molecule has 0 saturated heterocycles. The Kier molecular flexibility index (Phi) is 7.00. The summed E-state index contributed by atoms with van der Waals surface area (Å²) in [5.74, 6) is 0.534. The summed E-state index contributed by atoms with van der Waals surface area (Å²) in [6, 6.07) is 9.76. The van der Waals surface area contributed by atoms with Crippen molar-refractivity contribution in [3.05, 3.63) is 41.7 Å². The minimum atomic E-state index is -0.367. The van der Waals surface area contributed by atoms with Gasteiger partial charge in [0, 0.05) is 19.4 Å². The zero-order chi connectivity index (χ0) is 18.2. The van der Waals surface area contributed by atoms with Crippen molar-refractivity contribution >= 4 is 23.6 Å². The molecule has 1 atom stereocenters. The number of aromatic nitrogens is 3. The van der Waals surface area contributed by atoms with Crippen LogP contribution in [0, 0.1) is 0 Å². The molecular weight excluding hydrogens is 338 g/mol. The molecular formula is C17H23N5O2S. The van der Waals surface area contributed by atoms with Crippen molar-refractivity contribution < 1.29 is 9.59 Å². The summed E-state index contributed by atoms with van der Waals surface area (Å²) >= 11 is 1.33. The Labute approximate surface area is 151 Å². The molecule has 0 bridgehead atoms. The van der Waals surface area contributed by atoms with E-state index in [1.54, 1.807) is 0 Å². The molecule has 3 N–H and O–H groups in total. The number of carbonyl (C=O) groups is 2. The highest BCUT2D eigenvalue weighted by molar-refractivity contribution is 7.99. The van der Waals surface area contributed by atoms with Crippen LogP contribution in [0.4, 0.5) is 0 Å². The maximum atomic E-state index is 12.2. The van der Waals surface area contributed by atoms with Gasteiger partial charge in [0.2, 0.25) is 11.8 Å². The first-order valence-corrected chi connectivity index (χ1v) is 9.17. The zero-order valence-electron chi connectivity index (χ0n) is 14.4. The van der Waals surface area contributed by atoms with Crippen molar-refractivity contribution in [3.63, 3.8) is 0 Å². The lowest BCUT2D eigenvalue weighted by Crippen LogP contribution is -2.28. The number of nitrogens with zero attached hydrogens (tertiary/aromatic N) is 3. The minimum absolute atomic E-state index is 0.0514. The Balaban J connectivity index is 1.90. The second kappa shape index (κ2) is 9.22. The lowest BCUT2D eigenvalue weighted by molar-refractivity contribution is -0.119. The fourth-order valence-electron chi connectivity index (χ4n) is 2.40. The van der Waals surface area contributed by atoms with E-state index in [-0.39, 0.29) is 30.0 Å². The first-order chi connectivity index (χ1) is 12.0. The van der Waals surface area contributed by atoms with Gasteiger partial charge < -0.3 is 15.6 Å². The molecule has 0 aliphatic rings. The summed E-state index contributed by atoms with van der Waals surface area (Å²) < 4.78 is 1.90. The second-order valence-corrected chi connectivity index (χ2v) is 6.54. The van der Waals surface area contributed by atoms with Gasteiger partial charge in [-0.15, -0.1) is 10.2 Å². The van der Waals surface area contributed by atoms with Crippen LogP contribution in [0.2, 0.25) is 0 Å². The molecule has 25 heavy (non-hydrogen) atoms. The van der Waals surface area contributed by atoms with Gasteiger partial charge in [0.25, 0.3) is 0 Å². The van der Waals surface area contributed by atoms with Gasteiger partial charge >= 0.3 is 0 Å². The van der Waals surface area contributed by atoms with Crippen LogP contribution in [-0.2, 0) is 22.6 Å². The quantitative estimate of drug-likeness (QED) is 0.662. The highest BCUT2D eigenvalue weighted by atomic mass is 32.2. The normalized spacial score (nSPS) is 11.9. The zero-order valence-corrected chi connectivity index (χ0v) is 15.3. The van der Waals surface area contributed by atoms with E-state index >= 15 is 0 Å². The Bertz CT molecular complexity index is 717. The van der Waals surface area contributed by atoms with Crippen molar-refractivity contribution in [1.29, 1.82) is 0 Å². The maximum absolute atomic E-state index is 12.2. The molecule has 1 aromatic carbocycles. The lowest BCUT2D eigenvalue weighted by atomic mass is 10.1. The Hall–Kier alpha value is -2.35. The van der Waals surface area contributed by atoms with E-state index < -0.39 is 0 Å². The van der Waals surface area contributed by atoms with Gasteiger partial charge in [-0.05, 0) is 19.4 Å². The van der Waals surface area contributed by atoms with Crippen molar-refractivity contribution in [1.82, 2.24) is 20.1 Å². The van der Waals surface area contributed by atoms with Crippen LogP contribution < -0.4 is 11.1 Å². The van der Waals surface area contributed by atoms with E-state index in [4.69, 9.17) is 5.73 Å². The summed E-state index contributed by atoms with van der Waals surface area (Å²) in [5, 5.41) is 11.9. The topological polar surface area (TPSA) is 103 Å². The number of aryl methyl sites for hydroxylation is 1. The van der Waals surface area contributed by atoms with Gasteiger partial charge in [-0.3, -0.25) is 9.59 Å². The van der Waals surface area contributed by atoms with E-state index in [0.29, 0.717) is 23.9 Å². The molecule has 0 radical (unpaired) electrons. The highest BCUT2D eigenvalue weighted by Crippen LogP contribution is 2.18. The van der Waals surface area contributed by atoms with Gasteiger partial charge in [0.1, 0.15) is 5.82 Å². The number of hydrogen-bond donors (Lipinski definition) is 2. The molecule has 2 rings (SSSR count). The monoisotopic (exact) mass is 361 g/mol. The number of thioether (sulfide) groups is 1. The fraction of sp³-hybridized carbons (Fsp3) is 0.412. The van der Waals surface area contributed by atoms with E-state index in [2.05, 4.69) is 15.5 Å². The molecule has 0 saturated carbocycles. The molecule has 7 nitrogen and oxygen atoms in total. The third-order valence-electron chi connectivity index (χ3n) is 3.71. The minimum Gasteiger partial charge on any atom is -0.370 e. The average Bonchev–Trinajstić information content (AvgIpc) is 3.00. The first-order valence-electron chi connectivity index (χ1n) is 8.18. The highest BCUT2D eigenvalue weighted by Gasteiger charge is 2.15. The third-order valence-corrected chi connectivity index (χ3v) is 4.68. The number of primary amides is 1. The lowest BCUT2D eigenvalue weighted by Gasteiger charge is -2.14. The molecule has 0 spiro atoms. The Morgan fingerprint density at radius 2 is 2.00 bits per heavy atom. The number of nitrogens with one attached hydrogen (secondary N) is 1. The number of rotatable bonds is 9. The predicted molar refractivity (Wildman–Crippen MR) is 96.9 cm³/mol. The molecule has 2 amide bonds. The summed E-state index contributed by atoms with van der Waals surface area (Å²) in [4.78, 5) is 23.1. The van der Waals surface area contributed by atoms with E-state index in [1.165, 1.54) is 11.8 Å². The molecule has 0 fully saturated rings. The van der Waals surface area contributed by atoms with Crippen LogP contribution in [0.1, 0.15) is 37.7 Å². The molecule has 0 unspecified atom stereocenters. The molecule has 8 heteroatoms. The summed E-state index contributed by atoms with van der Waals surface area (Å²) in [5.41, 5.74) is 6.24. The smallest absolute Gasteiger partial charge is 0.230 e. The third kappa shape index (κ3) is 5.60. The SMILES string of the molecule is CCn1c(CCC(N)=O)nnc1SCC(=O)N[C@@H](C)c1ccccc1. The van der Waals surface area contributed by atoms with Crippen LogP contribution in [0.15, 0.2) is 35.5 Å². The molecule has 0 aliphatic carbocycles. The van der Waals surface area contributed by atoms with Crippen LogP contribution >= 0.6 is 11.8 Å². The standard InChI is InChI=1S/C17H23N5O2S/c1-3-22-15(10-9-14(18)23)20-21-17(22)25-11-16(24)19-12(2)13-7-5-4-6-8-13/h4-8,12H,3,9-11H2,1-2H3,(H2,18,23)(H,19,24)/t12-/m0/s1. The van der Waals surface area contributed by atoms with Gasteiger partial charge in [-0.1, -0.05) is 42.1 Å². The predicted octanol–water partition coefficient (Wildman–Crippen LogP) is 1.69. The van der Waals surface area contributed by atoms with Crippen molar-refractivity contribution in [2.45, 2.75) is 44.4 Å². The molecule has 2 aromatic rings. The first kappa shape index (κ1) is 19.0. The van der Waals surface area contributed by atoms with E-state index in [1.807, 2.05) is 48.7 Å². The van der Waals surface area contributed by atoms with Crippen molar-refractivity contribution in [2.75, 3.05) is 5.75 Å². The number of benzene rings is 1. The Morgan fingerprint density at radius 3 is 2.64 bits per heavy atom. The molecule has 1 aromatic heterocycles. The summed E-state index contributed by atoms with van der Waals surface area (Å²) in [6.07, 6.45) is 0.686. The van der Waals surface area contributed by atoms with Crippen molar-refractivity contribution in [2.24, 2.45) is 5.73 Å². The number of carbonyl (C=O) groups excluding carboxylic acids is 2. The molecule has 0 aliphatic heterocycles. The summed E-state index contributed by atoms with van der Waals surface area (Å²) in [7, 11) is 0. The van der Waals surface area contributed by atoms with Crippen LogP contribution in [0.5, 0.6) is 0 Å². The number of nitrogens with two attached hydrogens (primary N) is 1. The summed E-state index contributed by atoms with van der Waals surface area (Å²) in [6.45, 7) is 4.60. The second-order valence-electron chi connectivity index (χ2n) is 5.60. The average molecular weight is 361 g/mol. The largest absolute Gasteiger partial charge is 0.370 e. The van der Waals surface area contributed by atoms with Crippen LogP contribution in [-0.4, -0.2) is 32.3 Å². The van der Waals surface area contributed by atoms with Gasteiger partial charge in [-0.25, -0.2) is 0 Å². The number of amides is 2. The van der Waals surface area contributed by atoms with Gasteiger partial charge in [0.05, 0.1) is 11.8 Å². The molecule has 1 heterocycles. The molecule has 134 valence electrons. The van der Waals surface area contributed by atoms with Crippen molar-refractivity contribution in [3.8, 4) is 0 Å². The van der Waals surface area contributed by atoms with E-state index in [9.17, 15) is 9.59 Å². The van der Waals surface area contributed by atoms with Crippen LogP contribution in [0.3, 0.4) is 0 Å².